The maximum Gasteiger partial charge on any atom is 0.211 e. The predicted molar refractivity (Wildman–Crippen MR) is 90.4 cm³/mol. The van der Waals surface area contributed by atoms with E-state index in [0.717, 1.165) is 6.42 Å². The molecule has 23 heavy (non-hydrogen) atoms. The fraction of sp³-hybridized carbons (Fsp3) is 0.278. The van der Waals surface area contributed by atoms with Gasteiger partial charge in [-0.25, -0.2) is 0 Å². The lowest BCUT2D eigenvalue weighted by atomic mass is 10.1. The van der Waals surface area contributed by atoms with Crippen molar-refractivity contribution in [3.8, 4) is 5.75 Å². The Morgan fingerprint density at radius 2 is 1.91 bits per heavy atom. The van der Waals surface area contributed by atoms with E-state index in [1.165, 1.54) is 11.6 Å². The van der Waals surface area contributed by atoms with Gasteiger partial charge in [0, 0.05) is 12.6 Å². The van der Waals surface area contributed by atoms with Gasteiger partial charge in [0.1, 0.15) is 5.75 Å². The van der Waals surface area contributed by atoms with E-state index in [1.807, 2.05) is 18.2 Å². The minimum atomic E-state index is -0.721. The van der Waals surface area contributed by atoms with Crippen LogP contribution in [0.5, 0.6) is 5.75 Å². The number of hydrogen-bond acceptors (Lipinski definition) is 4. The van der Waals surface area contributed by atoms with E-state index in [2.05, 4.69) is 29.7 Å². The summed E-state index contributed by atoms with van der Waals surface area (Å²) in [5, 5.41) is 25.6. The van der Waals surface area contributed by atoms with Gasteiger partial charge in [-0.05, 0) is 36.6 Å². The van der Waals surface area contributed by atoms with E-state index < -0.39 is 6.10 Å². The van der Waals surface area contributed by atoms with E-state index in [-0.39, 0.29) is 17.5 Å². The lowest BCUT2D eigenvalue weighted by Crippen LogP contribution is -2.32. The van der Waals surface area contributed by atoms with Crippen LogP contribution in [0.3, 0.4) is 0 Å². The van der Waals surface area contributed by atoms with E-state index in [9.17, 15) is 15.0 Å². The third-order valence-corrected chi connectivity index (χ3v) is 3.66. The van der Waals surface area contributed by atoms with Crippen LogP contribution in [-0.2, 0) is 11.2 Å². The minimum Gasteiger partial charge on any atom is -0.506 e. The molecule has 4 N–H and O–H groups in total. The lowest BCUT2D eigenvalue weighted by molar-refractivity contribution is -0.105. The van der Waals surface area contributed by atoms with E-state index in [0.29, 0.717) is 18.5 Å². The van der Waals surface area contributed by atoms with Crippen molar-refractivity contribution in [1.29, 1.82) is 0 Å². The summed E-state index contributed by atoms with van der Waals surface area (Å²) in [5.41, 5.74) is 2.16. The molecule has 0 aromatic heterocycles. The van der Waals surface area contributed by atoms with Crippen LogP contribution in [0.25, 0.3) is 0 Å². The molecule has 1 amide bonds. The fourth-order valence-corrected chi connectivity index (χ4v) is 2.41. The van der Waals surface area contributed by atoms with Gasteiger partial charge >= 0.3 is 0 Å². The first kappa shape index (κ1) is 17.0. The molecule has 0 aliphatic rings. The number of aliphatic hydroxyl groups is 1. The van der Waals surface area contributed by atoms with Crippen molar-refractivity contribution in [2.24, 2.45) is 0 Å². The fourth-order valence-electron chi connectivity index (χ4n) is 2.41. The summed E-state index contributed by atoms with van der Waals surface area (Å²) < 4.78 is 0. The molecule has 0 heterocycles. The van der Waals surface area contributed by atoms with Gasteiger partial charge in [0.05, 0.1) is 11.8 Å². The van der Waals surface area contributed by atoms with Crippen molar-refractivity contribution in [3.63, 3.8) is 0 Å². The lowest BCUT2D eigenvalue weighted by Gasteiger charge is -2.18. The number of amides is 1. The zero-order valence-electron chi connectivity index (χ0n) is 13.1. The summed E-state index contributed by atoms with van der Waals surface area (Å²) >= 11 is 0. The van der Waals surface area contributed by atoms with E-state index >= 15 is 0 Å². The SMILES string of the molecule is CC(Cc1ccccc1)NCC(O)c1ccc(O)c(NC=O)c1. The van der Waals surface area contributed by atoms with Crippen LogP contribution in [0.15, 0.2) is 48.5 Å². The summed E-state index contributed by atoms with van der Waals surface area (Å²) in [6.45, 7) is 2.45. The largest absolute Gasteiger partial charge is 0.506 e. The normalized spacial score (nSPS) is 13.3. The van der Waals surface area contributed by atoms with Crippen molar-refractivity contribution >= 4 is 12.1 Å². The average molecular weight is 314 g/mol. The molecular weight excluding hydrogens is 292 g/mol. The van der Waals surface area contributed by atoms with Crippen molar-refractivity contribution in [2.45, 2.75) is 25.5 Å². The molecule has 5 nitrogen and oxygen atoms in total. The van der Waals surface area contributed by atoms with Crippen LogP contribution < -0.4 is 10.6 Å². The van der Waals surface area contributed by atoms with Crippen molar-refractivity contribution < 1.29 is 15.0 Å². The number of nitrogens with one attached hydrogen (secondary N) is 2. The topological polar surface area (TPSA) is 81.6 Å². The van der Waals surface area contributed by atoms with Gasteiger partial charge in [0.25, 0.3) is 0 Å². The summed E-state index contributed by atoms with van der Waals surface area (Å²) in [4.78, 5) is 10.5. The zero-order chi connectivity index (χ0) is 16.7. The molecular formula is C18H22N2O3. The molecule has 2 aromatic rings. The third kappa shape index (κ3) is 5.09. The van der Waals surface area contributed by atoms with Crippen LogP contribution in [0, 0.1) is 0 Å². The second-order valence-electron chi connectivity index (χ2n) is 5.55. The molecule has 0 bridgehead atoms. The molecule has 0 saturated carbocycles. The number of carbonyl (C=O) groups excluding carboxylic acids is 1. The molecule has 0 radical (unpaired) electrons. The van der Waals surface area contributed by atoms with Gasteiger partial charge < -0.3 is 20.8 Å². The van der Waals surface area contributed by atoms with E-state index in [4.69, 9.17) is 0 Å². The molecule has 2 aromatic carbocycles. The standard InChI is InChI=1S/C18H22N2O3/c1-13(9-14-5-3-2-4-6-14)19-11-18(23)15-7-8-17(22)16(10-15)20-12-21/h2-8,10,12-13,18-19,22-23H,9,11H2,1H3,(H,20,21). The summed E-state index contributed by atoms with van der Waals surface area (Å²) in [6, 6.07) is 15.0. The van der Waals surface area contributed by atoms with Crippen LogP contribution in [0.4, 0.5) is 5.69 Å². The quantitative estimate of drug-likeness (QED) is 0.445. The summed E-state index contributed by atoms with van der Waals surface area (Å²) in [6.07, 6.45) is 0.646. The van der Waals surface area contributed by atoms with Crippen molar-refractivity contribution in [3.05, 3.63) is 59.7 Å². The number of phenolic OH excluding ortho intramolecular Hbond substituents is 1. The number of anilines is 1. The minimum absolute atomic E-state index is 0.0292. The van der Waals surface area contributed by atoms with Gasteiger partial charge in [0.2, 0.25) is 6.41 Å². The third-order valence-electron chi connectivity index (χ3n) is 3.66. The Labute approximate surface area is 136 Å². The number of hydrogen-bond donors (Lipinski definition) is 4. The van der Waals surface area contributed by atoms with Gasteiger partial charge in [-0.2, -0.15) is 0 Å². The molecule has 122 valence electrons. The Hall–Kier alpha value is -2.37. The first-order chi connectivity index (χ1) is 11.1. The Bertz CT molecular complexity index is 631. The smallest absolute Gasteiger partial charge is 0.211 e. The van der Waals surface area contributed by atoms with Crippen LogP contribution in [-0.4, -0.2) is 29.2 Å². The molecule has 0 spiro atoms. The highest BCUT2D eigenvalue weighted by molar-refractivity contribution is 5.75. The Kier molecular flexibility index (Phi) is 6.14. The Balaban J connectivity index is 1.90. The monoisotopic (exact) mass is 314 g/mol. The number of aromatic hydroxyl groups is 1. The van der Waals surface area contributed by atoms with Crippen LogP contribution >= 0.6 is 0 Å². The molecule has 2 atom stereocenters. The number of rotatable bonds is 8. The first-order valence-corrected chi connectivity index (χ1v) is 7.58. The molecule has 0 aliphatic carbocycles. The highest BCUT2D eigenvalue weighted by atomic mass is 16.3. The highest BCUT2D eigenvalue weighted by Crippen LogP contribution is 2.26. The summed E-state index contributed by atoms with van der Waals surface area (Å²) in [5.74, 6) is -0.0292. The van der Waals surface area contributed by atoms with Gasteiger partial charge in [-0.3, -0.25) is 4.79 Å². The number of aliphatic hydroxyl groups excluding tert-OH is 1. The maximum absolute atomic E-state index is 10.5. The van der Waals surface area contributed by atoms with Crippen LogP contribution in [0.2, 0.25) is 0 Å². The van der Waals surface area contributed by atoms with Crippen molar-refractivity contribution in [2.75, 3.05) is 11.9 Å². The molecule has 0 saturated heterocycles. The molecule has 2 unspecified atom stereocenters. The summed E-state index contributed by atoms with van der Waals surface area (Å²) in [7, 11) is 0. The first-order valence-electron chi connectivity index (χ1n) is 7.58. The average Bonchev–Trinajstić information content (AvgIpc) is 2.56. The molecule has 2 rings (SSSR count). The zero-order valence-corrected chi connectivity index (χ0v) is 13.1. The molecule has 0 aliphatic heterocycles. The highest BCUT2D eigenvalue weighted by Gasteiger charge is 2.12. The van der Waals surface area contributed by atoms with Gasteiger partial charge in [-0.15, -0.1) is 0 Å². The Morgan fingerprint density at radius 1 is 1.17 bits per heavy atom. The predicted octanol–water partition coefficient (Wildman–Crippen LogP) is 2.21. The number of benzene rings is 2. The second kappa shape index (κ2) is 8.31. The van der Waals surface area contributed by atoms with E-state index in [1.54, 1.807) is 12.1 Å². The molecule has 0 fully saturated rings. The van der Waals surface area contributed by atoms with Gasteiger partial charge in [0.15, 0.2) is 0 Å². The Morgan fingerprint density at radius 3 is 2.61 bits per heavy atom. The van der Waals surface area contributed by atoms with Crippen molar-refractivity contribution in [1.82, 2.24) is 5.32 Å². The van der Waals surface area contributed by atoms with Crippen LogP contribution in [0.1, 0.15) is 24.2 Å². The van der Waals surface area contributed by atoms with Gasteiger partial charge in [-0.1, -0.05) is 36.4 Å². The maximum atomic E-state index is 10.5. The number of phenols is 1. The number of carbonyl (C=O) groups is 1. The second-order valence-corrected chi connectivity index (χ2v) is 5.55. The molecule has 5 heteroatoms.